The van der Waals surface area contributed by atoms with Crippen LogP contribution >= 0.6 is 24.0 Å². The van der Waals surface area contributed by atoms with Gasteiger partial charge in [-0.15, -0.1) is 0 Å². The van der Waals surface area contributed by atoms with E-state index in [-0.39, 0.29) is 21.9 Å². The molecule has 3 rings (SSSR count). The van der Waals surface area contributed by atoms with Gasteiger partial charge in [0.25, 0.3) is 5.91 Å². The molecule has 1 aromatic heterocycles. The number of aryl methyl sites for hydroxylation is 1. The average molecular weight is 416 g/mol. The highest BCUT2D eigenvalue weighted by Crippen LogP contribution is 2.34. The summed E-state index contributed by atoms with van der Waals surface area (Å²) < 4.78 is 25.4. The van der Waals surface area contributed by atoms with Gasteiger partial charge in [0.1, 0.15) is 10.9 Å². The lowest BCUT2D eigenvalue weighted by atomic mass is 10.1. The molecule has 0 aliphatic carbocycles. The van der Waals surface area contributed by atoms with Gasteiger partial charge in [-0.3, -0.25) is 19.2 Å². The summed E-state index contributed by atoms with van der Waals surface area (Å²) in [7, 11) is -3.04. The first kappa shape index (κ1) is 19.1. The number of rotatable bonds is 4. The van der Waals surface area contributed by atoms with Crippen molar-refractivity contribution in [2.45, 2.75) is 26.3 Å². The van der Waals surface area contributed by atoms with Crippen LogP contribution in [-0.4, -0.2) is 62.5 Å². The molecule has 1 N–H and O–H groups in total. The summed E-state index contributed by atoms with van der Waals surface area (Å²) in [6.45, 7) is 3.14. The fraction of sp³-hybridized carbons (Fsp3) is 0.467. The van der Waals surface area contributed by atoms with E-state index in [9.17, 15) is 18.0 Å². The molecule has 1 atom stereocenters. The minimum Gasteiger partial charge on any atom is -0.480 e. The van der Waals surface area contributed by atoms with Gasteiger partial charge in [-0.2, -0.15) is 5.10 Å². The third-order valence-corrected chi connectivity index (χ3v) is 7.51. The lowest BCUT2D eigenvalue weighted by Crippen LogP contribution is -2.33. The molecule has 0 aromatic carbocycles. The van der Waals surface area contributed by atoms with Crippen LogP contribution in [0.3, 0.4) is 0 Å². The van der Waals surface area contributed by atoms with Crippen molar-refractivity contribution < 1.29 is 23.1 Å². The maximum atomic E-state index is 12.4. The molecule has 140 valence electrons. The van der Waals surface area contributed by atoms with E-state index in [1.54, 1.807) is 17.7 Å². The molecule has 1 aromatic rings. The largest absolute Gasteiger partial charge is 0.480 e. The Morgan fingerprint density at radius 3 is 2.73 bits per heavy atom. The topological polar surface area (TPSA) is 110 Å². The van der Waals surface area contributed by atoms with Crippen molar-refractivity contribution in [2.24, 2.45) is 0 Å². The van der Waals surface area contributed by atoms with Crippen molar-refractivity contribution in [3.63, 3.8) is 0 Å². The molecule has 1 amide bonds. The van der Waals surface area contributed by atoms with E-state index in [4.69, 9.17) is 17.3 Å². The summed E-state index contributed by atoms with van der Waals surface area (Å²) in [6.07, 6.45) is 2.17. The third kappa shape index (κ3) is 3.55. The molecule has 0 spiro atoms. The van der Waals surface area contributed by atoms with Crippen LogP contribution in [0.1, 0.15) is 29.4 Å². The Morgan fingerprint density at radius 2 is 2.15 bits per heavy atom. The zero-order chi connectivity index (χ0) is 19.2. The Balaban J connectivity index is 1.91. The fourth-order valence-corrected chi connectivity index (χ4v) is 6.04. The molecule has 3 heterocycles. The summed E-state index contributed by atoms with van der Waals surface area (Å²) in [6, 6.07) is -0.206. The van der Waals surface area contributed by atoms with Gasteiger partial charge in [0.05, 0.1) is 28.1 Å². The molecule has 2 aliphatic rings. The SMILES string of the molecule is Cc1nn(C2CCS(=O)(=O)C2)c(C)c1C=C1SC(=S)N(CC(=O)O)C1=O. The number of amides is 1. The number of carboxylic acid groups (broad SMARTS) is 1. The Morgan fingerprint density at radius 1 is 1.46 bits per heavy atom. The van der Waals surface area contributed by atoms with Crippen LogP contribution in [0.5, 0.6) is 0 Å². The number of aromatic nitrogens is 2. The molecule has 11 heteroatoms. The van der Waals surface area contributed by atoms with E-state index >= 15 is 0 Å². The Hall–Kier alpha value is -1.72. The second-order valence-electron chi connectivity index (χ2n) is 6.25. The summed E-state index contributed by atoms with van der Waals surface area (Å²) in [5.74, 6) is -1.36. The predicted octanol–water partition coefficient (Wildman–Crippen LogP) is 1.15. The number of thiocarbonyl (C=S) groups is 1. The number of carboxylic acids is 1. The lowest BCUT2D eigenvalue weighted by Gasteiger charge is -2.11. The highest BCUT2D eigenvalue weighted by atomic mass is 32.2. The predicted molar refractivity (Wildman–Crippen MR) is 102 cm³/mol. The lowest BCUT2D eigenvalue weighted by molar-refractivity contribution is -0.140. The van der Waals surface area contributed by atoms with Gasteiger partial charge in [-0.05, 0) is 26.3 Å². The van der Waals surface area contributed by atoms with Crippen molar-refractivity contribution in [3.05, 3.63) is 21.9 Å². The Labute approximate surface area is 160 Å². The zero-order valence-electron chi connectivity index (χ0n) is 14.1. The molecular weight excluding hydrogens is 398 g/mol. The van der Waals surface area contributed by atoms with Crippen LogP contribution < -0.4 is 0 Å². The van der Waals surface area contributed by atoms with Crippen LogP contribution in [-0.2, 0) is 19.4 Å². The van der Waals surface area contributed by atoms with Gasteiger partial charge in [-0.25, -0.2) is 8.42 Å². The Bertz CT molecular complexity index is 948. The van der Waals surface area contributed by atoms with E-state index in [1.165, 1.54) is 0 Å². The molecule has 8 nitrogen and oxygen atoms in total. The van der Waals surface area contributed by atoms with E-state index < -0.39 is 28.3 Å². The van der Waals surface area contributed by atoms with E-state index in [1.807, 2.05) is 6.92 Å². The molecule has 2 fully saturated rings. The highest BCUT2D eigenvalue weighted by Gasteiger charge is 2.35. The quantitative estimate of drug-likeness (QED) is 0.576. The number of carbonyl (C=O) groups excluding carboxylic acids is 1. The first-order valence-electron chi connectivity index (χ1n) is 7.82. The molecular formula is C15H17N3O5S3. The highest BCUT2D eigenvalue weighted by molar-refractivity contribution is 8.26. The van der Waals surface area contributed by atoms with Crippen LogP contribution in [0.4, 0.5) is 0 Å². The van der Waals surface area contributed by atoms with E-state index in [2.05, 4.69) is 5.10 Å². The number of aliphatic carboxylic acids is 1. The monoisotopic (exact) mass is 415 g/mol. The normalized spacial score (nSPS) is 24.0. The second-order valence-corrected chi connectivity index (χ2v) is 10.2. The van der Waals surface area contributed by atoms with Gasteiger partial charge in [0.15, 0.2) is 9.84 Å². The Kier molecular flexibility index (Phi) is 4.97. The molecule has 0 saturated carbocycles. The summed E-state index contributed by atoms with van der Waals surface area (Å²) in [5.41, 5.74) is 2.17. The van der Waals surface area contributed by atoms with Gasteiger partial charge in [-0.1, -0.05) is 24.0 Å². The number of hydrogen-bond acceptors (Lipinski definition) is 7. The maximum absolute atomic E-state index is 12.4. The van der Waals surface area contributed by atoms with Crippen molar-refractivity contribution in [3.8, 4) is 0 Å². The number of hydrogen-bond donors (Lipinski definition) is 1. The molecule has 0 radical (unpaired) electrons. The van der Waals surface area contributed by atoms with Gasteiger partial charge < -0.3 is 5.11 Å². The van der Waals surface area contributed by atoms with Gasteiger partial charge in [0.2, 0.25) is 0 Å². The smallest absolute Gasteiger partial charge is 0.323 e. The van der Waals surface area contributed by atoms with E-state index in [0.717, 1.165) is 27.9 Å². The second kappa shape index (κ2) is 6.78. The summed E-state index contributed by atoms with van der Waals surface area (Å²) >= 11 is 6.14. The van der Waals surface area contributed by atoms with Crippen LogP contribution in [0, 0.1) is 13.8 Å². The summed E-state index contributed by atoms with van der Waals surface area (Å²) in [4.78, 5) is 24.7. The van der Waals surface area contributed by atoms with Gasteiger partial charge >= 0.3 is 5.97 Å². The summed E-state index contributed by atoms with van der Waals surface area (Å²) in [5, 5.41) is 13.4. The van der Waals surface area contributed by atoms with Crippen LogP contribution in [0.2, 0.25) is 0 Å². The number of nitrogens with zero attached hydrogens (tertiary/aromatic N) is 3. The maximum Gasteiger partial charge on any atom is 0.323 e. The zero-order valence-corrected chi connectivity index (χ0v) is 16.6. The molecule has 26 heavy (non-hydrogen) atoms. The van der Waals surface area contributed by atoms with E-state index in [0.29, 0.717) is 17.0 Å². The number of carbonyl (C=O) groups is 2. The van der Waals surface area contributed by atoms with Crippen LogP contribution in [0.25, 0.3) is 6.08 Å². The average Bonchev–Trinajstić information content (AvgIpc) is 3.12. The van der Waals surface area contributed by atoms with Crippen molar-refractivity contribution in [2.75, 3.05) is 18.1 Å². The fourth-order valence-electron chi connectivity index (χ4n) is 3.11. The van der Waals surface area contributed by atoms with Gasteiger partial charge in [0, 0.05) is 11.3 Å². The first-order valence-corrected chi connectivity index (χ1v) is 10.9. The van der Waals surface area contributed by atoms with Crippen molar-refractivity contribution >= 4 is 56.1 Å². The van der Waals surface area contributed by atoms with Crippen molar-refractivity contribution in [1.29, 1.82) is 0 Å². The van der Waals surface area contributed by atoms with Crippen LogP contribution in [0.15, 0.2) is 4.91 Å². The standard InChI is InChI=1S/C15H17N3O5S3/c1-8-11(5-12-14(21)17(6-13(19)20)15(24)25-12)9(2)18(16-8)10-3-4-26(22,23)7-10/h5,10H,3-4,6-7H2,1-2H3,(H,19,20). The number of thioether (sulfide) groups is 1. The molecule has 1 unspecified atom stereocenters. The number of sulfone groups is 1. The molecule has 2 aliphatic heterocycles. The third-order valence-electron chi connectivity index (χ3n) is 4.38. The minimum absolute atomic E-state index is 0.0646. The molecule has 2 saturated heterocycles. The van der Waals surface area contributed by atoms with Crippen molar-refractivity contribution in [1.82, 2.24) is 14.7 Å². The minimum atomic E-state index is -3.04. The first-order chi connectivity index (χ1) is 12.1. The molecule has 0 bridgehead atoms.